The van der Waals surface area contributed by atoms with Crippen LogP contribution in [-0.4, -0.2) is 25.0 Å². The molecule has 1 aliphatic heterocycles. The predicted molar refractivity (Wildman–Crippen MR) is 51.4 cm³/mol. The van der Waals surface area contributed by atoms with Crippen molar-refractivity contribution in [3.8, 4) is 0 Å². The number of rotatable bonds is 2. The highest BCUT2D eigenvalue weighted by molar-refractivity contribution is 5.79. The van der Waals surface area contributed by atoms with Crippen molar-refractivity contribution in [2.75, 3.05) is 13.1 Å². The smallest absolute Gasteiger partial charge is 0.223 e. The number of carbonyl (C=O) groups excluding carboxylic acids is 1. The summed E-state index contributed by atoms with van der Waals surface area (Å²) in [7, 11) is 0. The van der Waals surface area contributed by atoms with Gasteiger partial charge in [-0.25, -0.2) is 0 Å². The summed E-state index contributed by atoms with van der Waals surface area (Å²) >= 11 is 0. The minimum Gasteiger partial charge on any atom is -0.352 e. The maximum atomic E-state index is 11.7. The molecule has 0 radical (unpaired) electrons. The standard InChI is InChI=1S/C10H18N2O/c13-10(8-3-1-2-4-8)12-9-5-6-11-7-9/h8-9,11H,1-7H2,(H,12,13)/t9-/m0/s1. The zero-order valence-electron chi connectivity index (χ0n) is 8.01. The molecule has 1 heterocycles. The first-order valence-electron chi connectivity index (χ1n) is 5.37. The van der Waals surface area contributed by atoms with Crippen LogP contribution in [0.15, 0.2) is 0 Å². The Morgan fingerprint density at radius 2 is 2.00 bits per heavy atom. The van der Waals surface area contributed by atoms with E-state index in [2.05, 4.69) is 10.6 Å². The summed E-state index contributed by atoms with van der Waals surface area (Å²) in [5, 5.41) is 6.37. The minimum atomic E-state index is 0.297. The second kappa shape index (κ2) is 4.09. The van der Waals surface area contributed by atoms with Crippen LogP contribution in [0.5, 0.6) is 0 Å². The molecule has 1 saturated carbocycles. The Labute approximate surface area is 79.3 Å². The summed E-state index contributed by atoms with van der Waals surface area (Å²) in [5.74, 6) is 0.617. The zero-order valence-corrected chi connectivity index (χ0v) is 8.01. The van der Waals surface area contributed by atoms with Crippen LogP contribution in [0.2, 0.25) is 0 Å². The lowest BCUT2D eigenvalue weighted by molar-refractivity contribution is -0.125. The van der Waals surface area contributed by atoms with Gasteiger partial charge in [0.15, 0.2) is 0 Å². The van der Waals surface area contributed by atoms with Gasteiger partial charge in [-0.1, -0.05) is 12.8 Å². The van der Waals surface area contributed by atoms with Crippen molar-refractivity contribution in [2.45, 2.75) is 38.1 Å². The summed E-state index contributed by atoms with van der Waals surface area (Å²) in [6.07, 6.45) is 5.78. The molecule has 13 heavy (non-hydrogen) atoms. The fourth-order valence-electron chi connectivity index (χ4n) is 2.28. The third-order valence-electron chi connectivity index (χ3n) is 3.13. The highest BCUT2D eigenvalue weighted by Crippen LogP contribution is 2.24. The SMILES string of the molecule is O=C(N[C@H]1CCNC1)C1CCCC1. The van der Waals surface area contributed by atoms with Crippen molar-refractivity contribution < 1.29 is 4.79 Å². The zero-order chi connectivity index (χ0) is 9.10. The highest BCUT2D eigenvalue weighted by Gasteiger charge is 2.25. The molecule has 2 N–H and O–H groups in total. The molecule has 1 atom stereocenters. The summed E-state index contributed by atoms with van der Waals surface area (Å²) in [5.41, 5.74) is 0. The maximum absolute atomic E-state index is 11.7. The van der Waals surface area contributed by atoms with Crippen molar-refractivity contribution in [3.05, 3.63) is 0 Å². The fourth-order valence-corrected chi connectivity index (χ4v) is 2.28. The second-order valence-electron chi connectivity index (χ2n) is 4.18. The van der Waals surface area contributed by atoms with Crippen molar-refractivity contribution in [1.82, 2.24) is 10.6 Å². The van der Waals surface area contributed by atoms with Crippen LogP contribution in [-0.2, 0) is 4.79 Å². The van der Waals surface area contributed by atoms with Gasteiger partial charge in [-0.3, -0.25) is 4.79 Å². The van der Waals surface area contributed by atoms with Crippen LogP contribution < -0.4 is 10.6 Å². The molecule has 3 nitrogen and oxygen atoms in total. The topological polar surface area (TPSA) is 41.1 Å². The molecule has 3 heteroatoms. The van der Waals surface area contributed by atoms with Gasteiger partial charge in [-0.05, 0) is 25.8 Å². The lowest BCUT2D eigenvalue weighted by Crippen LogP contribution is -2.39. The van der Waals surface area contributed by atoms with Crippen molar-refractivity contribution in [2.24, 2.45) is 5.92 Å². The summed E-state index contributed by atoms with van der Waals surface area (Å²) in [6, 6.07) is 0.396. The van der Waals surface area contributed by atoms with Crippen molar-refractivity contribution >= 4 is 5.91 Å². The molecule has 0 aromatic heterocycles. The Kier molecular flexibility index (Phi) is 2.83. The quantitative estimate of drug-likeness (QED) is 0.658. The average Bonchev–Trinajstić information content (AvgIpc) is 2.74. The van der Waals surface area contributed by atoms with E-state index in [-0.39, 0.29) is 0 Å². The van der Waals surface area contributed by atoms with Crippen LogP contribution in [0, 0.1) is 5.92 Å². The van der Waals surface area contributed by atoms with E-state index in [0.29, 0.717) is 17.9 Å². The summed E-state index contributed by atoms with van der Waals surface area (Å²) in [6.45, 7) is 2.01. The lowest BCUT2D eigenvalue weighted by Gasteiger charge is -2.14. The second-order valence-corrected chi connectivity index (χ2v) is 4.18. The highest BCUT2D eigenvalue weighted by atomic mass is 16.1. The predicted octanol–water partition coefficient (Wildman–Crippen LogP) is 0.655. The number of carbonyl (C=O) groups is 1. The first-order chi connectivity index (χ1) is 6.36. The fraction of sp³-hybridized carbons (Fsp3) is 0.900. The molecule has 74 valence electrons. The molecule has 0 bridgehead atoms. The van der Waals surface area contributed by atoms with E-state index in [1.807, 2.05) is 0 Å². The third kappa shape index (κ3) is 2.21. The van der Waals surface area contributed by atoms with E-state index in [1.54, 1.807) is 0 Å². The van der Waals surface area contributed by atoms with E-state index in [1.165, 1.54) is 12.8 Å². The molecule has 0 aromatic carbocycles. The Morgan fingerprint density at radius 1 is 1.23 bits per heavy atom. The first-order valence-corrected chi connectivity index (χ1v) is 5.37. The van der Waals surface area contributed by atoms with Gasteiger partial charge in [0.25, 0.3) is 0 Å². The number of hydrogen-bond donors (Lipinski definition) is 2. The molecule has 2 aliphatic rings. The Bertz CT molecular complexity index is 181. The van der Waals surface area contributed by atoms with Gasteiger partial charge < -0.3 is 10.6 Å². The monoisotopic (exact) mass is 182 g/mol. The Morgan fingerprint density at radius 3 is 2.62 bits per heavy atom. The third-order valence-corrected chi connectivity index (χ3v) is 3.13. The molecule has 2 fully saturated rings. The molecule has 2 rings (SSSR count). The summed E-state index contributed by atoms with van der Waals surface area (Å²) in [4.78, 5) is 11.7. The molecule has 0 aromatic rings. The van der Waals surface area contributed by atoms with Gasteiger partial charge in [0.1, 0.15) is 0 Å². The van der Waals surface area contributed by atoms with Crippen LogP contribution >= 0.6 is 0 Å². The molecule has 0 unspecified atom stereocenters. The van der Waals surface area contributed by atoms with E-state index in [0.717, 1.165) is 32.4 Å². The van der Waals surface area contributed by atoms with Crippen LogP contribution in [0.3, 0.4) is 0 Å². The normalized spacial score (nSPS) is 29.4. The number of hydrogen-bond acceptors (Lipinski definition) is 2. The first kappa shape index (κ1) is 9.00. The van der Waals surface area contributed by atoms with E-state index >= 15 is 0 Å². The van der Waals surface area contributed by atoms with Gasteiger partial charge in [0, 0.05) is 18.5 Å². The summed E-state index contributed by atoms with van der Waals surface area (Å²) < 4.78 is 0. The number of nitrogens with one attached hydrogen (secondary N) is 2. The molecular weight excluding hydrogens is 164 g/mol. The van der Waals surface area contributed by atoms with Gasteiger partial charge in [-0.2, -0.15) is 0 Å². The minimum absolute atomic E-state index is 0.297. The van der Waals surface area contributed by atoms with Crippen LogP contribution in [0.4, 0.5) is 0 Å². The van der Waals surface area contributed by atoms with Gasteiger partial charge in [0.05, 0.1) is 0 Å². The van der Waals surface area contributed by atoms with E-state index in [4.69, 9.17) is 0 Å². The molecule has 1 aliphatic carbocycles. The number of amides is 1. The van der Waals surface area contributed by atoms with E-state index in [9.17, 15) is 4.79 Å². The van der Waals surface area contributed by atoms with Gasteiger partial charge in [0.2, 0.25) is 5.91 Å². The molecule has 0 spiro atoms. The van der Waals surface area contributed by atoms with Crippen LogP contribution in [0.1, 0.15) is 32.1 Å². The Hall–Kier alpha value is -0.570. The van der Waals surface area contributed by atoms with Crippen molar-refractivity contribution in [1.29, 1.82) is 0 Å². The molecular formula is C10H18N2O. The van der Waals surface area contributed by atoms with Gasteiger partial charge >= 0.3 is 0 Å². The molecule has 1 amide bonds. The van der Waals surface area contributed by atoms with Crippen molar-refractivity contribution in [3.63, 3.8) is 0 Å². The largest absolute Gasteiger partial charge is 0.352 e. The average molecular weight is 182 g/mol. The van der Waals surface area contributed by atoms with Gasteiger partial charge in [-0.15, -0.1) is 0 Å². The van der Waals surface area contributed by atoms with E-state index < -0.39 is 0 Å². The Balaban J connectivity index is 1.76. The lowest BCUT2D eigenvalue weighted by atomic mass is 10.1. The molecule has 1 saturated heterocycles. The van der Waals surface area contributed by atoms with Crippen LogP contribution in [0.25, 0.3) is 0 Å². The maximum Gasteiger partial charge on any atom is 0.223 e.